The van der Waals surface area contributed by atoms with Gasteiger partial charge in [0.25, 0.3) is 0 Å². The first kappa shape index (κ1) is 14.9. The van der Waals surface area contributed by atoms with Crippen molar-refractivity contribution in [1.82, 2.24) is 14.7 Å². The lowest BCUT2D eigenvalue weighted by atomic mass is 9.90. The van der Waals surface area contributed by atoms with Gasteiger partial charge in [-0.2, -0.15) is 5.10 Å². The number of aryl methyl sites for hydroxylation is 1. The average molecular weight is 311 g/mol. The van der Waals surface area contributed by atoms with Gasteiger partial charge < -0.3 is 9.64 Å². The summed E-state index contributed by atoms with van der Waals surface area (Å²) in [5.41, 5.74) is 2.83. The minimum absolute atomic E-state index is 0.0806. The van der Waals surface area contributed by atoms with E-state index < -0.39 is 0 Å². The van der Waals surface area contributed by atoms with E-state index in [4.69, 9.17) is 4.74 Å². The summed E-state index contributed by atoms with van der Waals surface area (Å²) in [4.78, 5) is 2.57. The smallest absolute Gasteiger partial charge is 0.0827 e. The third kappa shape index (κ3) is 3.19. The van der Waals surface area contributed by atoms with Crippen LogP contribution in [0.4, 0.5) is 0 Å². The Bertz CT molecular complexity index is 654. The summed E-state index contributed by atoms with van der Waals surface area (Å²) in [6.07, 6.45) is 7.56. The number of aromatic nitrogens is 2. The maximum Gasteiger partial charge on any atom is 0.0827 e. The molecule has 0 N–H and O–H groups in total. The van der Waals surface area contributed by atoms with E-state index in [1.165, 1.54) is 17.5 Å². The Morgan fingerprint density at radius 3 is 2.96 bits per heavy atom. The Morgan fingerprint density at radius 1 is 1.30 bits per heavy atom. The van der Waals surface area contributed by atoms with Crippen molar-refractivity contribution in [2.24, 2.45) is 7.05 Å². The number of hydrogen-bond donors (Lipinski definition) is 0. The molecule has 2 aliphatic rings. The van der Waals surface area contributed by atoms with Crippen LogP contribution in [0.3, 0.4) is 0 Å². The molecule has 2 atom stereocenters. The maximum atomic E-state index is 6.28. The molecule has 4 rings (SSSR count). The highest BCUT2D eigenvalue weighted by molar-refractivity contribution is 5.17. The maximum absolute atomic E-state index is 6.28. The zero-order valence-corrected chi connectivity index (χ0v) is 13.8. The SMILES string of the molecule is Cn1cc(C2COC3(CCN(CCc4ccccc4)C3)C2)cn1. The number of likely N-dealkylation sites (tertiary alicyclic amines) is 1. The van der Waals surface area contributed by atoms with Crippen molar-refractivity contribution < 1.29 is 4.74 Å². The highest BCUT2D eigenvalue weighted by Crippen LogP contribution is 2.41. The molecule has 23 heavy (non-hydrogen) atoms. The van der Waals surface area contributed by atoms with Crippen LogP contribution in [-0.2, 0) is 18.2 Å². The highest BCUT2D eigenvalue weighted by atomic mass is 16.5. The van der Waals surface area contributed by atoms with Gasteiger partial charge in [-0.15, -0.1) is 0 Å². The molecule has 1 aromatic carbocycles. The van der Waals surface area contributed by atoms with Gasteiger partial charge in [0.15, 0.2) is 0 Å². The zero-order chi connectivity index (χ0) is 15.7. The first-order chi connectivity index (χ1) is 11.2. The van der Waals surface area contributed by atoms with E-state index in [2.05, 4.69) is 46.5 Å². The summed E-state index contributed by atoms with van der Waals surface area (Å²) in [6, 6.07) is 10.8. The molecule has 3 heterocycles. The fourth-order valence-corrected chi connectivity index (χ4v) is 4.04. The van der Waals surface area contributed by atoms with Gasteiger partial charge >= 0.3 is 0 Å². The van der Waals surface area contributed by atoms with Crippen LogP contribution in [0.1, 0.15) is 29.9 Å². The molecule has 0 aliphatic carbocycles. The topological polar surface area (TPSA) is 30.3 Å². The third-order valence-electron chi connectivity index (χ3n) is 5.36. The minimum Gasteiger partial charge on any atom is -0.373 e. The lowest BCUT2D eigenvalue weighted by Crippen LogP contribution is -2.33. The van der Waals surface area contributed by atoms with Crippen molar-refractivity contribution in [3.8, 4) is 0 Å². The van der Waals surface area contributed by atoms with E-state index in [0.29, 0.717) is 5.92 Å². The van der Waals surface area contributed by atoms with Crippen molar-refractivity contribution in [2.45, 2.75) is 30.8 Å². The Balaban J connectivity index is 1.33. The third-order valence-corrected chi connectivity index (χ3v) is 5.36. The molecule has 4 heteroatoms. The van der Waals surface area contributed by atoms with Gasteiger partial charge in [-0.05, 0) is 30.4 Å². The summed E-state index contributed by atoms with van der Waals surface area (Å²) >= 11 is 0. The van der Waals surface area contributed by atoms with Crippen molar-refractivity contribution in [2.75, 3.05) is 26.2 Å². The molecule has 0 amide bonds. The molecule has 2 saturated heterocycles. The largest absolute Gasteiger partial charge is 0.373 e. The van der Waals surface area contributed by atoms with Crippen LogP contribution < -0.4 is 0 Å². The Labute approximate surface area is 138 Å². The van der Waals surface area contributed by atoms with Gasteiger partial charge in [0.05, 0.1) is 18.4 Å². The molecule has 2 unspecified atom stereocenters. The Kier molecular flexibility index (Phi) is 3.95. The molecule has 0 bridgehead atoms. The second-order valence-corrected chi connectivity index (χ2v) is 7.10. The number of hydrogen-bond acceptors (Lipinski definition) is 3. The van der Waals surface area contributed by atoms with Crippen LogP contribution in [0, 0.1) is 0 Å². The van der Waals surface area contributed by atoms with Gasteiger partial charge in [0.2, 0.25) is 0 Å². The second kappa shape index (κ2) is 6.10. The predicted molar refractivity (Wildman–Crippen MR) is 90.5 cm³/mol. The normalized spacial score (nSPS) is 28.0. The predicted octanol–water partition coefficient (Wildman–Crippen LogP) is 2.61. The van der Waals surface area contributed by atoms with E-state index in [0.717, 1.165) is 39.1 Å². The number of rotatable bonds is 4. The van der Waals surface area contributed by atoms with E-state index in [9.17, 15) is 0 Å². The molecule has 0 saturated carbocycles. The lowest BCUT2D eigenvalue weighted by Gasteiger charge is -2.23. The molecule has 1 spiro atoms. The summed E-state index contributed by atoms with van der Waals surface area (Å²) in [7, 11) is 1.98. The standard InChI is InChI=1S/C19H25N3O/c1-21-13-18(12-20-21)17-11-19(23-14-17)8-10-22(15-19)9-7-16-5-3-2-4-6-16/h2-6,12-13,17H,7-11,14-15H2,1H3. The van der Waals surface area contributed by atoms with Crippen molar-refractivity contribution in [3.05, 3.63) is 53.9 Å². The summed E-state index contributed by atoms with van der Waals surface area (Å²) in [6.45, 7) is 4.22. The van der Waals surface area contributed by atoms with Crippen molar-refractivity contribution >= 4 is 0 Å². The van der Waals surface area contributed by atoms with Gasteiger partial charge in [-0.25, -0.2) is 0 Å². The lowest BCUT2D eigenvalue weighted by molar-refractivity contribution is 0.0125. The first-order valence-corrected chi connectivity index (χ1v) is 8.61. The van der Waals surface area contributed by atoms with Gasteiger partial charge in [0.1, 0.15) is 0 Å². The van der Waals surface area contributed by atoms with E-state index in [1.54, 1.807) is 0 Å². The van der Waals surface area contributed by atoms with E-state index in [-0.39, 0.29) is 5.60 Å². The summed E-state index contributed by atoms with van der Waals surface area (Å²) in [5.74, 6) is 0.512. The molecule has 122 valence electrons. The van der Waals surface area contributed by atoms with Crippen molar-refractivity contribution in [1.29, 1.82) is 0 Å². The van der Waals surface area contributed by atoms with Gasteiger partial charge in [-0.1, -0.05) is 30.3 Å². The fraction of sp³-hybridized carbons (Fsp3) is 0.526. The molecule has 1 aromatic heterocycles. The summed E-state index contributed by atoms with van der Waals surface area (Å²) < 4.78 is 8.17. The van der Waals surface area contributed by atoms with Crippen LogP contribution in [0.15, 0.2) is 42.7 Å². The Hall–Kier alpha value is -1.65. The fourth-order valence-electron chi connectivity index (χ4n) is 4.04. The number of nitrogens with zero attached hydrogens (tertiary/aromatic N) is 3. The quantitative estimate of drug-likeness (QED) is 0.869. The molecular weight excluding hydrogens is 286 g/mol. The second-order valence-electron chi connectivity index (χ2n) is 7.10. The van der Waals surface area contributed by atoms with Gasteiger partial charge in [-0.3, -0.25) is 4.68 Å². The van der Waals surface area contributed by atoms with E-state index in [1.807, 2.05) is 17.9 Å². The molecular formula is C19H25N3O. The van der Waals surface area contributed by atoms with Crippen LogP contribution >= 0.6 is 0 Å². The van der Waals surface area contributed by atoms with E-state index >= 15 is 0 Å². The van der Waals surface area contributed by atoms with Crippen LogP contribution in [-0.4, -0.2) is 46.5 Å². The number of benzene rings is 1. The van der Waals surface area contributed by atoms with Crippen LogP contribution in [0.2, 0.25) is 0 Å². The molecule has 2 fully saturated rings. The zero-order valence-electron chi connectivity index (χ0n) is 13.8. The van der Waals surface area contributed by atoms with Crippen LogP contribution in [0.25, 0.3) is 0 Å². The molecule has 0 radical (unpaired) electrons. The van der Waals surface area contributed by atoms with Crippen molar-refractivity contribution in [3.63, 3.8) is 0 Å². The average Bonchev–Trinajstić information content (AvgIpc) is 3.28. The molecule has 2 aromatic rings. The van der Waals surface area contributed by atoms with Gasteiger partial charge in [0, 0.05) is 38.8 Å². The molecule has 2 aliphatic heterocycles. The summed E-state index contributed by atoms with van der Waals surface area (Å²) in [5, 5.41) is 4.30. The highest BCUT2D eigenvalue weighted by Gasteiger charge is 2.45. The molecule has 4 nitrogen and oxygen atoms in total. The minimum atomic E-state index is 0.0806. The monoisotopic (exact) mass is 311 g/mol. The Morgan fingerprint density at radius 2 is 2.17 bits per heavy atom. The number of ether oxygens (including phenoxy) is 1. The van der Waals surface area contributed by atoms with Crippen LogP contribution in [0.5, 0.6) is 0 Å². The first-order valence-electron chi connectivity index (χ1n) is 8.61.